The van der Waals surface area contributed by atoms with Crippen molar-refractivity contribution in [2.24, 2.45) is 0 Å². The summed E-state index contributed by atoms with van der Waals surface area (Å²) in [5.41, 5.74) is 0. The zero-order valence-electron chi connectivity index (χ0n) is 58.9. The van der Waals surface area contributed by atoms with Crippen molar-refractivity contribution >= 4 is 17.9 Å². The molecule has 0 radical (unpaired) electrons. The molecule has 0 saturated carbocycles. The Morgan fingerprint density at radius 3 is 0.851 bits per heavy atom. The first-order valence-corrected chi connectivity index (χ1v) is 38.5. The average molecular weight is 1230 g/mol. The van der Waals surface area contributed by atoms with Crippen molar-refractivity contribution in [3.63, 3.8) is 0 Å². The van der Waals surface area contributed by atoms with Crippen LogP contribution in [0.2, 0.25) is 0 Å². The fraction of sp³-hybridized carbons (Fsp3) is 0.910. The van der Waals surface area contributed by atoms with Gasteiger partial charge in [0.1, 0.15) is 13.2 Å². The van der Waals surface area contributed by atoms with E-state index in [-0.39, 0.29) is 32.2 Å². The van der Waals surface area contributed by atoms with Crippen LogP contribution in [0, 0.1) is 0 Å². The monoisotopic (exact) mass is 1230 g/mol. The number of carboxylic acid groups (broad SMARTS) is 1. The van der Waals surface area contributed by atoms with Crippen molar-refractivity contribution in [1.29, 1.82) is 0 Å². The van der Waals surface area contributed by atoms with Gasteiger partial charge in [-0.2, -0.15) is 0 Å². The zero-order chi connectivity index (χ0) is 63.3. The van der Waals surface area contributed by atoms with E-state index in [1.165, 1.54) is 334 Å². The van der Waals surface area contributed by atoms with Gasteiger partial charge in [-0.1, -0.05) is 346 Å². The summed E-state index contributed by atoms with van der Waals surface area (Å²) >= 11 is 0. The topological polar surface area (TPSA) is 111 Å². The Morgan fingerprint density at radius 2 is 0.586 bits per heavy atom. The summed E-state index contributed by atoms with van der Waals surface area (Å²) in [6, 6.07) is 0. The van der Waals surface area contributed by atoms with E-state index in [1.807, 2.05) is 21.1 Å². The van der Waals surface area contributed by atoms with Crippen LogP contribution in [0.25, 0.3) is 0 Å². The van der Waals surface area contributed by atoms with Gasteiger partial charge in [-0.05, 0) is 64.2 Å². The second-order valence-corrected chi connectivity index (χ2v) is 27.6. The number of rotatable bonds is 73. The predicted molar refractivity (Wildman–Crippen MR) is 371 cm³/mol. The molecule has 514 valence electrons. The molecular formula is C78H149NO8. The maximum Gasteiger partial charge on any atom is 0.306 e. The number of aliphatic carboxylic acids is 1. The fourth-order valence-electron chi connectivity index (χ4n) is 11.8. The van der Waals surface area contributed by atoms with E-state index in [4.69, 9.17) is 18.9 Å². The second-order valence-electron chi connectivity index (χ2n) is 27.6. The number of ether oxygens (including phenoxy) is 4. The molecule has 0 aliphatic rings. The van der Waals surface area contributed by atoms with Crippen LogP contribution < -0.4 is 5.11 Å². The summed E-state index contributed by atoms with van der Waals surface area (Å²) < 4.78 is 22.9. The Bertz CT molecular complexity index is 1480. The zero-order valence-corrected chi connectivity index (χ0v) is 58.9. The number of hydrogen-bond donors (Lipinski definition) is 0. The fourth-order valence-corrected chi connectivity index (χ4v) is 11.8. The van der Waals surface area contributed by atoms with E-state index in [9.17, 15) is 19.5 Å². The Morgan fingerprint density at radius 1 is 0.333 bits per heavy atom. The number of unbranched alkanes of at least 4 members (excludes halogenated alkanes) is 54. The molecule has 9 nitrogen and oxygen atoms in total. The number of esters is 2. The van der Waals surface area contributed by atoms with E-state index < -0.39 is 24.3 Å². The molecule has 0 rings (SSSR count). The van der Waals surface area contributed by atoms with Gasteiger partial charge in [0.25, 0.3) is 0 Å². The number of likely N-dealkylation sites (N-methyl/N-ethyl adjacent to an activating group) is 1. The van der Waals surface area contributed by atoms with Crippen LogP contribution in [0.5, 0.6) is 0 Å². The van der Waals surface area contributed by atoms with E-state index in [0.717, 1.165) is 38.5 Å². The van der Waals surface area contributed by atoms with Crippen molar-refractivity contribution in [2.75, 3.05) is 47.5 Å². The third kappa shape index (κ3) is 71.1. The number of carboxylic acids is 1. The summed E-state index contributed by atoms with van der Waals surface area (Å²) in [7, 11) is 5.95. The smallest absolute Gasteiger partial charge is 0.306 e. The standard InChI is InChI=1S/C78H149NO8/c1-6-8-10-12-14-16-18-20-22-24-26-28-30-32-34-36-37-38-39-41-43-45-47-49-51-53-55-57-59-61-63-65-67-69-76(81)87-74(73-86-78(77(82)83)84-71-70-79(3,4)5)72-85-75(80)68-66-64-62-60-58-56-54-52-50-48-46-44-42-40-35-33-31-29-27-25-23-21-19-17-15-13-11-9-7-2/h24-27,74,78H,6-23,28-73H2,1-5H3/b26-24-,27-25-. The molecular weight excluding hydrogens is 1080 g/mol. The SMILES string of the molecule is CCCCCCCCCC/C=C\CCCCCCCCCCCCCCCCCCCCCCCC(=O)OC(COC(=O)CCCCCCCCCCCCCCCCCCC/C=C\CCCCCCCCCC)COC(OCC[N+](C)(C)C)C(=O)[O-]. The third-order valence-corrected chi connectivity index (χ3v) is 17.7. The van der Waals surface area contributed by atoms with Gasteiger partial charge in [0, 0.05) is 12.8 Å². The summed E-state index contributed by atoms with van der Waals surface area (Å²) in [6.45, 7) is 4.83. The highest BCUT2D eigenvalue weighted by Crippen LogP contribution is 2.19. The minimum Gasteiger partial charge on any atom is -0.545 e. The van der Waals surface area contributed by atoms with E-state index in [0.29, 0.717) is 17.4 Å². The minimum absolute atomic E-state index is 0.152. The van der Waals surface area contributed by atoms with Gasteiger partial charge in [-0.15, -0.1) is 0 Å². The molecule has 0 amide bonds. The molecule has 0 spiro atoms. The van der Waals surface area contributed by atoms with Crippen LogP contribution in [0.1, 0.15) is 399 Å². The van der Waals surface area contributed by atoms with Gasteiger partial charge in [0.15, 0.2) is 12.4 Å². The van der Waals surface area contributed by atoms with Gasteiger partial charge >= 0.3 is 11.9 Å². The van der Waals surface area contributed by atoms with Crippen molar-refractivity contribution in [2.45, 2.75) is 411 Å². The lowest BCUT2D eigenvalue weighted by Gasteiger charge is -2.26. The molecule has 0 aromatic rings. The highest BCUT2D eigenvalue weighted by molar-refractivity contribution is 5.70. The first-order valence-electron chi connectivity index (χ1n) is 38.5. The highest BCUT2D eigenvalue weighted by atomic mass is 16.7. The quantitative estimate of drug-likeness (QED) is 0.0195. The number of allylic oxidation sites excluding steroid dienone is 4. The predicted octanol–water partition coefficient (Wildman–Crippen LogP) is 22.8. The molecule has 87 heavy (non-hydrogen) atoms. The normalized spacial score (nSPS) is 12.7. The van der Waals surface area contributed by atoms with Gasteiger partial charge in [-0.25, -0.2) is 0 Å². The van der Waals surface area contributed by atoms with Crippen LogP contribution >= 0.6 is 0 Å². The highest BCUT2D eigenvalue weighted by Gasteiger charge is 2.22. The number of nitrogens with zero attached hydrogens (tertiary/aromatic N) is 1. The average Bonchev–Trinajstić information content (AvgIpc) is 3.59. The molecule has 9 heteroatoms. The largest absolute Gasteiger partial charge is 0.545 e. The number of carbonyl (C=O) groups excluding carboxylic acids is 3. The molecule has 2 atom stereocenters. The van der Waals surface area contributed by atoms with Gasteiger partial charge in [-0.3, -0.25) is 9.59 Å². The molecule has 0 fully saturated rings. The number of carbonyl (C=O) groups is 3. The van der Waals surface area contributed by atoms with Crippen molar-refractivity contribution in [1.82, 2.24) is 0 Å². The van der Waals surface area contributed by atoms with E-state index >= 15 is 0 Å². The molecule has 0 bridgehead atoms. The molecule has 0 aliphatic carbocycles. The third-order valence-electron chi connectivity index (χ3n) is 17.7. The molecule has 0 aromatic heterocycles. The summed E-state index contributed by atoms with van der Waals surface area (Å²) in [5.74, 6) is -2.25. The van der Waals surface area contributed by atoms with E-state index in [2.05, 4.69) is 38.2 Å². The lowest BCUT2D eigenvalue weighted by Crippen LogP contribution is -2.44. The van der Waals surface area contributed by atoms with Crippen LogP contribution in [0.3, 0.4) is 0 Å². The van der Waals surface area contributed by atoms with Crippen LogP contribution in [-0.2, 0) is 33.3 Å². The number of quaternary nitrogens is 1. The van der Waals surface area contributed by atoms with Gasteiger partial charge in [0.2, 0.25) is 0 Å². The second kappa shape index (κ2) is 69.7. The molecule has 0 saturated heterocycles. The summed E-state index contributed by atoms with van der Waals surface area (Å²) in [6.07, 6.45) is 84.4. The van der Waals surface area contributed by atoms with Crippen molar-refractivity contribution in [3.8, 4) is 0 Å². The van der Waals surface area contributed by atoms with Crippen molar-refractivity contribution < 1.29 is 42.9 Å². The summed E-state index contributed by atoms with van der Waals surface area (Å²) in [5, 5.41) is 11.8. The summed E-state index contributed by atoms with van der Waals surface area (Å²) in [4.78, 5) is 37.6. The Hall–Kier alpha value is -2.23. The van der Waals surface area contributed by atoms with Crippen molar-refractivity contribution in [3.05, 3.63) is 24.3 Å². The van der Waals surface area contributed by atoms with Gasteiger partial charge in [0.05, 0.1) is 40.3 Å². The van der Waals surface area contributed by atoms with Crippen LogP contribution in [0.15, 0.2) is 24.3 Å². The van der Waals surface area contributed by atoms with Crippen LogP contribution in [0.4, 0.5) is 0 Å². The Kier molecular flexibility index (Phi) is 67.9. The maximum absolute atomic E-state index is 13.0. The molecule has 0 aliphatic heterocycles. The van der Waals surface area contributed by atoms with Gasteiger partial charge < -0.3 is 33.3 Å². The number of hydrogen-bond acceptors (Lipinski definition) is 8. The van der Waals surface area contributed by atoms with Crippen LogP contribution in [-0.4, -0.2) is 82.3 Å². The molecule has 0 N–H and O–H groups in total. The molecule has 2 unspecified atom stereocenters. The maximum atomic E-state index is 13.0. The minimum atomic E-state index is -1.62. The first-order chi connectivity index (χ1) is 42.6. The Labute approximate surface area is 541 Å². The lowest BCUT2D eigenvalue weighted by molar-refractivity contribution is -0.870. The van der Waals surface area contributed by atoms with E-state index in [1.54, 1.807) is 0 Å². The lowest BCUT2D eigenvalue weighted by atomic mass is 10.0. The first kappa shape index (κ1) is 84.8. The Balaban J connectivity index is 4.00. The molecule has 0 aromatic carbocycles. The molecule has 0 heterocycles.